The lowest BCUT2D eigenvalue weighted by atomic mass is 10.2. The minimum atomic E-state index is -0.380. The summed E-state index contributed by atoms with van der Waals surface area (Å²) in [6, 6.07) is 9.50. The molecule has 1 aromatic heterocycles. The molecule has 0 atom stereocenters. The normalized spacial score (nSPS) is 10.0. The summed E-state index contributed by atoms with van der Waals surface area (Å²) in [7, 11) is 2.99. The number of esters is 1. The second kappa shape index (κ2) is 7.94. The van der Waals surface area contributed by atoms with Crippen molar-refractivity contribution in [1.82, 2.24) is 5.32 Å². The Morgan fingerprint density at radius 3 is 2.57 bits per heavy atom. The van der Waals surface area contributed by atoms with Gasteiger partial charge in [0.25, 0.3) is 0 Å². The van der Waals surface area contributed by atoms with Gasteiger partial charge in [-0.25, -0.2) is 4.79 Å². The van der Waals surface area contributed by atoms with Gasteiger partial charge in [0.15, 0.2) is 5.11 Å². The zero-order chi connectivity index (χ0) is 16.8. The molecule has 7 heteroatoms. The Morgan fingerprint density at radius 1 is 1.26 bits per heavy atom. The fourth-order valence-corrected chi connectivity index (χ4v) is 3.08. The minimum Gasteiger partial charge on any atom is -0.497 e. The molecule has 0 aliphatic carbocycles. The maximum Gasteiger partial charge on any atom is 0.340 e. The lowest BCUT2D eigenvalue weighted by Gasteiger charge is -2.10. The molecule has 1 aromatic carbocycles. The predicted octanol–water partition coefficient (Wildman–Crippen LogP) is 3.34. The first-order valence-corrected chi connectivity index (χ1v) is 8.12. The van der Waals surface area contributed by atoms with Gasteiger partial charge < -0.3 is 20.1 Å². The van der Waals surface area contributed by atoms with Gasteiger partial charge in [0, 0.05) is 11.4 Å². The van der Waals surface area contributed by atoms with Crippen LogP contribution in [0.4, 0.5) is 5.00 Å². The monoisotopic (exact) mass is 350 g/mol. The molecular formula is C16H18N2O3S2. The Kier molecular flexibility index (Phi) is 5.95. The maximum atomic E-state index is 11.7. The van der Waals surface area contributed by atoms with Crippen molar-refractivity contribution in [2.24, 2.45) is 0 Å². The number of thiocarbonyl (C=S) groups is 1. The number of ether oxygens (including phenoxy) is 2. The van der Waals surface area contributed by atoms with E-state index in [4.69, 9.17) is 21.7 Å². The quantitative estimate of drug-likeness (QED) is 0.637. The molecule has 2 rings (SSSR count). The van der Waals surface area contributed by atoms with E-state index in [1.54, 1.807) is 13.2 Å². The van der Waals surface area contributed by atoms with Gasteiger partial charge in [-0.3, -0.25) is 0 Å². The summed E-state index contributed by atoms with van der Waals surface area (Å²) < 4.78 is 9.90. The second-order valence-electron chi connectivity index (χ2n) is 4.75. The highest BCUT2D eigenvalue weighted by atomic mass is 32.1. The fraction of sp³-hybridized carbons (Fsp3) is 0.250. The molecule has 0 aliphatic rings. The molecule has 0 aliphatic heterocycles. The third-order valence-corrected chi connectivity index (χ3v) is 4.31. The van der Waals surface area contributed by atoms with Crippen LogP contribution in [0.25, 0.3) is 0 Å². The van der Waals surface area contributed by atoms with E-state index < -0.39 is 0 Å². The largest absolute Gasteiger partial charge is 0.497 e. The standard InChI is InChI=1S/C16H18N2O3S2/c1-10-8-13(15(19)21-3)14(23-10)18-16(22)17-9-11-4-6-12(20-2)7-5-11/h4-8H,9H2,1-3H3,(H2,17,18,22). The molecule has 1 heterocycles. The van der Waals surface area contributed by atoms with Crippen molar-refractivity contribution in [3.8, 4) is 5.75 Å². The van der Waals surface area contributed by atoms with E-state index in [1.165, 1.54) is 18.4 Å². The van der Waals surface area contributed by atoms with Crippen molar-refractivity contribution < 1.29 is 14.3 Å². The van der Waals surface area contributed by atoms with Crippen molar-refractivity contribution in [3.63, 3.8) is 0 Å². The molecule has 0 saturated heterocycles. The summed E-state index contributed by atoms with van der Waals surface area (Å²) in [5, 5.41) is 7.30. The molecular weight excluding hydrogens is 332 g/mol. The van der Waals surface area contributed by atoms with Crippen molar-refractivity contribution in [2.75, 3.05) is 19.5 Å². The number of carbonyl (C=O) groups excluding carboxylic acids is 1. The molecule has 0 spiro atoms. The van der Waals surface area contributed by atoms with E-state index in [9.17, 15) is 4.79 Å². The number of hydrogen-bond donors (Lipinski definition) is 2. The van der Waals surface area contributed by atoms with Gasteiger partial charge in [-0.1, -0.05) is 12.1 Å². The average molecular weight is 350 g/mol. The number of methoxy groups -OCH3 is 2. The summed E-state index contributed by atoms with van der Waals surface area (Å²) in [4.78, 5) is 12.7. The highest BCUT2D eigenvalue weighted by Crippen LogP contribution is 2.28. The predicted molar refractivity (Wildman–Crippen MR) is 96.4 cm³/mol. The van der Waals surface area contributed by atoms with E-state index in [0.29, 0.717) is 22.2 Å². The van der Waals surface area contributed by atoms with Crippen LogP contribution in [0, 0.1) is 6.92 Å². The van der Waals surface area contributed by atoms with E-state index in [0.717, 1.165) is 16.2 Å². The molecule has 0 saturated carbocycles. The highest BCUT2D eigenvalue weighted by Gasteiger charge is 2.16. The van der Waals surface area contributed by atoms with Gasteiger partial charge >= 0.3 is 5.97 Å². The first kappa shape index (κ1) is 17.2. The number of nitrogens with one attached hydrogen (secondary N) is 2. The Balaban J connectivity index is 1.95. The number of aryl methyl sites for hydroxylation is 1. The minimum absolute atomic E-state index is 0.380. The Labute approximate surface area is 144 Å². The van der Waals surface area contributed by atoms with Crippen LogP contribution in [0.1, 0.15) is 20.8 Å². The Morgan fingerprint density at radius 2 is 1.96 bits per heavy atom. The number of carbonyl (C=O) groups is 1. The molecule has 0 amide bonds. The SMILES string of the molecule is COC(=O)c1cc(C)sc1NC(=S)NCc1ccc(OC)cc1. The number of hydrogen-bond acceptors (Lipinski definition) is 5. The Hall–Kier alpha value is -2.12. The molecule has 2 N–H and O–H groups in total. The lowest BCUT2D eigenvalue weighted by Crippen LogP contribution is -2.28. The van der Waals surface area contributed by atoms with Crippen LogP contribution in [0.3, 0.4) is 0 Å². The molecule has 0 bridgehead atoms. The van der Waals surface area contributed by atoms with Gasteiger partial charge in [-0.2, -0.15) is 0 Å². The van der Waals surface area contributed by atoms with Crippen molar-refractivity contribution in [3.05, 3.63) is 46.3 Å². The molecule has 23 heavy (non-hydrogen) atoms. The summed E-state index contributed by atoms with van der Waals surface area (Å²) in [6.07, 6.45) is 0. The van der Waals surface area contributed by atoms with Crippen LogP contribution in [-0.2, 0) is 11.3 Å². The van der Waals surface area contributed by atoms with E-state index >= 15 is 0 Å². The number of thiophene rings is 1. The molecule has 2 aromatic rings. The van der Waals surface area contributed by atoms with Gasteiger partial charge in [0.1, 0.15) is 10.8 Å². The third kappa shape index (κ3) is 4.67. The van der Waals surface area contributed by atoms with Gasteiger partial charge in [-0.05, 0) is 42.9 Å². The van der Waals surface area contributed by atoms with Crippen LogP contribution < -0.4 is 15.4 Å². The van der Waals surface area contributed by atoms with Crippen LogP contribution in [0.2, 0.25) is 0 Å². The smallest absolute Gasteiger partial charge is 0.340 e. The number of anilines is 1. The van der Waals surface area contributed by atoms with Crippen LogP contribution in [0.15, 0.2) is 30.3 Å². The lowest BCUT2D eigenvalue weighted by molar-refractivity contribution is 0.0602. The molecule has 0 unspecified atom stereocenters. The first-order chi connectivity index (χ1) is 11.0. The second-order valence-corrected chi connectivity index (χ2v) is 6.41. The van der Waals surface area contributed by atoms with Crippen LogP contribution in [0.5, 0.6) is 5.75 Å². The molecule has 0 fully saturated rings. The summed E-state index contributed by atoms with van der Waals surface area (Å²) in [5.74, 6) is 0.432. The highest BCUT2D eigenvalue weighted by molar-refractivity contribution is 7.80. The van der Waals surface area contributed by atoms with Crippen molar-refractivity contribution >= 4 is 39.6 Å². The zero-order valence-electron chi connectivity index (χ0n) is 13.1. The molecule has 0 radical (unpaired) electrons. The average Bonchev–Trinajstić information content (AvgIpc) is 2.93. The number of benzene rings is 1. The molecule has 122 valence electrons. The van der Waals surface area contributed by atoms with Gasteiger partial charge in [0.2, 0.25) is 0 Å². The van der Waals surface area contributed by atoms with Gasteiger partial charge in [-0.15, -0.1) is 11.3 Å². The first-order valence-electron chi connectivity index (χ1n) is 6.90. The molecule has 5 nitrogen and oxygen atoms in total. The van der Waals surface area contributed by atoms with Crippen molar-refractivity contribution in [2.45, 2.75) is 13.5 Å². The summed E-state index contributed by atoms with van der Waals surface area (Å²) >= 11 is 6.74. The number of rotatable bonds is 5. The van der Waals surface area contributed by atoms with Crippen LogP contribution >= 0.6 is 23.6 Å². The van der Waals surface area contributed by atoms with Crippen LogP contribution in [-0.4, -0.2) is 25.3 Å². The third-order valence-electron chi connectivity index (χ3n) is 3.10. The Bertz CT molecular complexity index is 696. The van der Waals surface area contributed by atoms with E-state index in [1.807, 2.05) is 31.2 Å². The summed E-state index contributed by atoms with van der Waals surface area (Å²) in [6.45, 7) is 2.50. The zero-order valence-corrected chi connectivity index (χ0v) is 14.8. The maximum absolute atomic E-state index is 11.7. The van der Waals surface area contributed by atoms with Crippen molar-refractivity contribution in [1.29, 1.82) is 0 Å². The van der Waals surface area contributed by atoms with E-state index in [-0.39, 0.29) is 5.97 Å². The topological polar surface area (TPSA) is 59.6 Å². The van der Waals surface area contributed by atoms with E-state index in [2.05, 4.69) is 10.6 Å². The van der Waals surface area contributed by atoms with Gasteiger partial charge in [0.05, 0.1) is 19.8 Å². The summed E-state index contributed by atoms with van der Waals surface area (Å²) in [5.41, 5.74) is 1.56. The fourth-order valence-electron chi connectivity index (χ4n) is 1.94.